The summed E-state index contributed by atoms with van der Waals surface area (Å²) in [5.41, 5.74) is 6.37. The fraction of sp³-hybridized carbons (Fsp3) is 0.103. The fourth-order valence-corrected chi connectivity index (χ4v) is 4.92. The van der Waals surface area contributed by atoms with E-state index in [0.29, 0.717) is 0 Å². The van der Waals surface area contributed by atoms with Gasteiger partial charge in [0.2, 0.25) is 0 Å². The largest absolute Gasteiger partial charge is 0.457 e. The Bertz CT molecular complexity index is 1340. The Morgan fingerprint density at radius 2 is 1.10 bits per heavy atom. The van der Waals surface area contributed by atoms with E-state index >= 15 is 0 Å². The highest BCUT2D eigenvalue weighted by Crippen LogP contribution is 2.52. The zero-order valence-corrected chi connectivity index (χ0v) is 17.1. The van der Waals surface area contributed by atoms with E-state index in [9.17, 15) is 0 Å². The Labute approximate surface area is 176 Å². The normalized spacial score (nSPS) is 13.1. The molecule has 0 saturated carbocycles. The molecule has 1 aliphatic rings. The summed E-state index contributed by atoms with van der Waals surface area (Å²) in [5.74, 6) is 2.04. The molecule has 1 heterocycles. The van der Waals surface area contributed by atoms with Gasteiger partial charge in [-0.15, -0.1) is 0 Å². The number of rotatable bonds is 1. The summed E-state index contributed by atoms with van der Waals surface area (Å²) in [4.78, 5) is 0. The summed E-state index contributed by atoms with van der Waals surface area (Å²) in [6.45, 7) is 4.30. The molecule has 144 valence electrons. The van der Waals surface area contributed by atoms with E-state index in [1.54, 1.807) is 0 Å². The van der Waals surface area contributed by atoms with E-state index in [-0.39, 0.29) is 5.92 Å². The maximum Gasteiger partial charge on any atom is 0.132 e. The third-order valence-corrected chi connectivity index (χ3v) is 6.28. The maximum absolute atomic E-state index is 6.51. The summed E-state index contributed by atoms with van der Waals surface area (Å²) in [7, 11) is 0. The van der Waals surface area contributed by atoms with Crippen LogP contribution in [0.25, 0.3) is 21.5 Å². The van der Waals surface area contributed by atoms with Crippen molar-refractivity contribution in [2.24, 2.45) is 0 Å². The highest BCUT2D eigenvalue weighted by molar-refractivity contribution is 5.95. The molecule has 0 fully saturated rings. The molecule has 0 bridgehead atoms. The number of benzene rings is 5. The van der Waals surface area contributed by atoms with Crippen molar-refractivity contribution in [2.45, 2.75) is 19.8 Å². The minimum atomic E-state index is 0.128. The van der Waals surface area contributed by atoms with Gasteiger partial charge >= 0.3 is 0 Å². The van der Waals surface area contributed by atoms with Crippen LogP contribution in [0.15, 0.2) is 91.0 Å². The number of ether oxygens (including phenoxy) is 1. The molecule has 30 heavy (non-hydrogen) atoms. The third-order valence-electron chi connectivity index (χ3n) is 6.28. The van der Waals surface area contributed by atoms with Crippen LogP contribution in [0.5, 0.6) is 11.5 Å². The van der Waals surface area contributed by atoms with Gasteiger partial charge in [0.05, 0.1) is 0 Å². The summed E-state index contributed by atoms with van der Waals surface area (Å²) >= 11 is 0. The van der Waals surface area contributed by atoms with Gasteiger partial charge in [-0.25, -0.2) is 0 Å². The Balaban J connectivity index is 1.74. The summed E-state index contributed by atoms with van der Waals surface area (Å²) in [5, 5.41) is 5.05. The Morgan fingerprint density at radius 3 is 1.63 bits per heavy atom. The van der Waals surface area contributed by atoms with E-state index in [4.69, 9.17) is 4.74 Å². The molecule has 1 heteroatoms. The average Bonchev–Trinajstić information content (AvgIpc) is 2.77. The molecule has 1 aliphatic heterocycles. The van der Waals surface area contributed by atoms with Crippen LogP contribution in [0.4, 0.5) is 0 Å². The third kappa shape index (κ3) is 2.55. The van der Waals surface area contributed by atoms with Gasteiger partial charge in [-0.3, -0.25) is 0 Å². The zero-order valence-electron chi connectivity index (χ0n) is 17.1. The van der Waals surface area contributed by atoms with Gasteiger partial charge < -0.3 is 4.74 Å². The highest BCUT2D eigenvalue weighted by Gasteiger charge is 2.31. The van der Waals surface area contributed by atoms with E-state index in [1.807, 2.05) is 0 Å². The molecular weight excluding hydrogens is 364 g/mol. The van der Waals surface area contributed by atoms with Crippen LogP contribution in [0, 0.1) is 13.8 Å². The number of aryl methyl sites for hydroxylation is 2. The van der Waals surface area contributed by atoms with E-state index in [2.05, 4.69) is 105 Å². The molecule has 0 aromatic heterocycles. The molecule has 0 amide bonds. The van der Waals surface area contributed by atoms with Crippen LogP contribution >= 0.6 is 0 Å². The van der Waals surface area contributed by atoms with E-state index in [1.165, 1.54) is 49.4 Å². The quantitative estimate of drug-likeness (QED) is 0.279. The van der Waals surface area contributed by atoms with Gasteiger partial charge in [0, 0.05) is 17.0 Å². The van der Waals surface area contributed by atoms with Gasteiger partial charge in [0.1, 0.15) is 11.5 Å². The van der Waals surface area contributed by atoms with Crippen LogP contribution in [0.1, 0.15) is 33.7 Å². The lowest BCUT2D eigenvalue weighted by Crippen LogP contribution is -2.13. The molecule has 5 aromatic carbocycles. The van der Waals surface area contributed by atoms with Crippen LogP contribution in [0.3, 0.4) is 0 Å². The standard InChI is InChI=1S/C29H22O/c1-18-8-12-23-21(16-18)10-14-25-28(23)27(20-6-4-3-5-7-20)29-24-13-9-19(2)17-22(24)11-15-26(29)30-25/h3-17,27H,1-2H3. The Kier molecular flexibility index (Phi) is 3.73. The van der Waals surface area contributed by atoms with E-state index < -0.39 is 0 Å². The lowest BCUT2D eigenvalue weighted by molar-refractivity contribution is 0.456. The Hall–Kier alpha value is -3.58. The first-order chi connectivity index (χ1) is 14.7. The van der Waals surface area contributed by atoms with Crippen molar-refractivity contribution in [3.05, 3.63) is 119 Å². The van der Waals surface area contributed by atoms with Crippen LogP contribution < -0.4 is 4.74 Å². The second-order valence-electron chi connectivity index (χ2n) is 8.35. The maximum atomic E-state index is 6.51. The summed E-state index contributed by atoms with van der Waals surface area (Å²) in [6, 6.07) is 32.9. The monoisotopic (exact) mass is 386 g/mol. The van der Waals surface area contributed by atoms with Crippen molar-refractivity contribution in [3.63, 3.8) is 0 Å². The lowest BCUT2D eigenvalue weighted by atomic mass is 9.78. The van der Waals surface area contributed by atoms with Crippen molar-refractivity contribution in [3.8, 4) is 11.5 Å². The van der Waals surface area contributed by atoms with Gasteiger partial charge in [0.25, 0.3) is 0 Å². The van der Waals surface area contributed by atoms with Gasteiger partial charge in [-0.2, -0.15) is 0 Å². The van der Waals surface area contributed by atoms with Crippen molar-refractivity contribution >= 4 is 21.5 Å². The van der Waals surface area contributed by atoms with Crippen LogP contribution in [-0.2, 0) is 0 Å². The molecule has 0 unspecified atom stereocenters. The molecular formula is C29H22O. The van der Waals surface area contributed by atoms with Crippen molar-refractivity contribution in [1.29, 1.82) is 0 Å². The van der Waals surface area contributed by atoms with E-state index in [0.717, 1.165) is 11.5 Å². The number of hydrogen-bond donors (Lipinski definition) is 0. The summed E-state index contributed by atoms with van der Waals surface area (Å²) < 4.78 is 6.51. The first kappa shape index (κ1) is 17.3. The van der Waals surface area contributed by atoms with Gasteiger partial charge in [-0.05, 0) is 53.1 Å². The van der Waals surface area contributed by atoms with Gasteiger partial charge in [0.15, 0.2) is 0 Å². The smallest absolute Gasteiger partial charge is 0.132 e. The van der Waals surface area contributed by atoms with Crippen molar-refractivity contribution in [1.82, 2.24) is 0 Å². The number of hydrogen-bond acceptors (Lipinski definition) is 1. The topological polar surface area (TPSA) is 9.23 Å². The van der Waals surface area contributed by atoms with Crippen molar-refractivity contribution < 1.29 is 4.74 Å². The fourth-order valence-electron chi connectivity index (χ4n) is 4.92. The number of fused-ring (bicyclic) bond motifs is 6. The highest BCUT2D eigenvalue weighted by atomic mass is 16.5. The van der Waals surface area contributed by atoms with Crippen LogP contribution in [0.2, 0.25) is 0 Å². The molecule has 1 nitrogen and oxygen atoms in total. The SMILES string of the molecule is Cc1ccc2c3c(ccc2c1)Oc1ccc2cc(C)ccc2c1C3c1ccccc1. The van der Waals surface area contributed by atoms with Gasteiger partial charge in [-0.1, -0.05) is 90.0 Å². The lowest BCUT2D eigenvalue weighted by Gasteiger charge is -2.31. The molecule has 0 radical (unpaired) electrons. The molecule has 0 saturated heterocycles. The first-order valence-corrected chi connectivity index (χ1v) is 10.5. The Morgan fingerprint density at radius 1 is 0.567 bits per heavy atom. The predicted molar refractivity (Wildman–Crippen MR) is 125 cm³/mol. The second kappa shape index (κ2) is 6.47. The first-order valence-electron chi connectivity index (χ1n) is 10.5. The molecule has 6 rings (SSSR count). The molecule has 5 aromatic rings. The minimum Gasteiger partial charge on any atom is -0.457 e. The zero-order chi connectivity index (χ0) is 20.2. The van der Waals surface area contributed by atoms with Crippen LogP contribution in [-0.4, -0.2) is 0 Å². The predicted octanol–water partition coefficient (Wildman–Crippen LogP) is 7.90. The van der Waals surface area contributed by atoms with Crippen molar-refractivity contribution in [2.75, 3.05) is 0 Å². The minimum absolute atomic E-state index is 0.128. The molecule has 0 spiro atoms. The molecule has 0 atom stereocenters. The summed E-state index contributed by atoms with van der Waals surface area (Å²) in [6.07, 6.45) is 0. The second-order valence-corrected chi connectivity index (χ2v) is 8.35. The molecule has 0 N–H and O–H groups in total. The molecule has 0 aliphatic carbocycles. The average molecular weight is 386 g/mol.